The number of rotatable bonds is 5. The van der Waals surface area contributed by atoms with Gasteiger partial charge in [-0.05, 0) is 23.8 Å². The maximum absolute atomic E-state index is 12.1. The van der Waals surface area contributed by atoms with E-state index in [2.05, 4.69) is 4.72 Å². The van der Waals surface area contributed by atoms with Crippen LogP contribution >= 0.6 is 0 Å². The van der Waals surface area contributed by atoms with E-state index in [1.165, 1.54) is 12.1 Å². The van der Waals surface area contributed by atoms with Crippen LogP contribution < -0.4 is 4.72 Å². The maximum atomic E-state index is 12.1. The normalized spacial score (nSPS) is 11.5. The largest absolute Gasteiger partial charge is 0.289 e. The summed E-state index contributed by atoms with van der Waals surface area (Å²) in [4.78, 5) is 12.1. The lowest BCUT2D eigenvalue weighted by Gasteiger charge is -2.04. The molecule has 0 radical (unpaired) electrons. The maximum Gasteiger partial charge on any atom is 0.229 e. The van der Waals surface area contributed by atoms with Gasteiger partial charge >= 0.3 is 0 Å². The van der Waals surface area contributed by atoms with E-state index < -0.39 is 10.0 Å². The van der Waals surface area contributed by atoms with Gasteiger partial charge in [0.05, 0.1) is 6.26 Å². The van der Waals surface area contributed by atoms with E-state index in [1.807, 2.05) is 30.3 Å². The number of hydrogen-bond acceptors (Lipinski definition) is 3. The molecule has 1 N–H and O–H groups in total. The molecule has 108 valence electrons. The quantitative estimate of drug-likeness (QED) is 0.682. The Morgan fingerprint density at radius 2 is 1.76 bits per heavy atom. The molecule has 2 aromatic rings. The van der Waals surface area contributed by atoms with Gasteiger partial charge in [-0.25, -0.2) is 8.42 Å². The van der Waals surface area contributed by atoms with E-state index in [0.29, 0.717) is 11.3 Å². The molecule has 0 aliphatic carbocycles. The molecule has 0 saturated carbocycles. The van der Waals surface area contributed by atoms with Gasteiger partial charge < -0.3 is 0 Å². The number of benzene rings is 2. The van der Waals surface area contributed by atoms with Crippen LogP contribution in [0, 0.1) is 0 Å². The number of sulfonamides is 1. The van der Waals surface area contributed by atoms with Crippen LogP contribution in [0.15, 0.2) is 60.7 Å². The van der Waals surface area contributed by atoms with Crippen LogP contribution in [0.4, 0.5) is 5.69 Å². The van der Waals surface area contributed by atoms with Gasteiger partial charge in [0.1, 0.15) is 0 Å². The Bertz CT molecular complexity index is 765. The van der Waals surface area contributed by atoms with Crippen molar-refractivity contribution in [3.05, 3.63) is 71.8 Å². The van der Waals surface area contributed by atoms with Gasteiger partial charge in [-0.2, -0.15) is 0 Å². The van der Waals surface area contributed by atoms with Gasteiger partial charge in [-0.15, -0.1) is 0 Å². The van der Waals surface area contributed by atoms with Crippen molar-refractivity contribution in [1.29, 1.82) is 0 Å². The first kappa shape index (κ1) is 15.0. The minimum absolute atomic E-state index is 0.184. The SMILES string of the molecule is CS(=O)(=O)Nc1cccc(C(=O)C=Cc2ccccc2)c1. The van der Waals surface area contributed by atoms with Gasteiger partial charge in [0, 0.05) is 11.3 Å². The average Bonchev–Trinajstić information content (AvgIpc) is 2.44. The summed E-state index contributed by atoms with van der Waals surface area (Å²) in [5.41, 5.74) is 1.73. The fourth-order valence-corrected chi connectivity index (χ4v) is 2.34. The molecule has 0 fully saturated rings. The van der Waals surface area contributed by atoms with Crippen molar-refractivity contribution < 1.29 is 13.2 Å². The molecule has 0 bridgehead atoms. The summed E-state index contributed by atoms with van der Waals surface area (Å²) in [7, 11) is -3.35. The summed E-state index contributed by atoms with van der Waals surface area (Å²) in [5.74, 6) is -0.184. The van der Waals surface area contributed by atoms with E-state index >= 15 is 0 Å². The molecule has 0 spiro atoms. The fourth-order valence-electron chi connectivity index (χ4n) is 1.78. The zero-order valence-electron chi connectivity index (χ0n) is 11.5. The minimum Gasteiger partial charge on any atom is -0.289 e. The zero-order valence-corrected chi connectivity index (χ0v) is 12.3. The van der Waals surface area contributed by atoms with Gasteiger partial charge in [-0.3, -0.25) is 9.52 Å². The van der Waals surface area contributed by atoms with Crippen molar-refractivity contribution in [3.63, 3.8) is 0 Å². The Kier molecular flexibility index (Phi) is 4.55. The summed E-state index contributed by atoms with van der Waals surface area (Å²) in [5, 5.41) is 0. The van der Waals surface area contributed by atoms with Crippen molar-refractivity contribution >= 4 is 27.6 Å². The van der Waals surface area contributed by atoms with Crippen molar-refractivity contribution in [1.82, 2.24) is 0 Å². The molecule has 0 heterocycles. The molecule has 0 aliphatic heterocycles. The van der Waals surface area contributed by atoms with Gasteiger partial charge in [0.15, 0.2) is 5.78 Å². The van der Waals surface area contributed by atoms with E-state index in [9.17, 15) is 13.2 Å². The lowest BCUT2D eigenvalue weighted by molar-refractivity contribution is 0.104. The number of carbonyl (C=O) groups excluding carboxylic acids is 1. The fraction of sp³-hybridized carbons (Fsp3) is 0.0625. The van der Waals surface area contributed by atoms with Crippen LogP contribution in [0.3, 0.4) is 0 Å². The van der Waals surface area contributed by atoms with E-state index in [4.69, 9.17) is 0 Å². The molecule has 5 heteroatoms. The first-order valence-corrected chi connectivity index (χ1v) is 8.18. The molecular formula is C16H15NO3S. The van der Waals surface area contributed by atoms with Crippen LogP contribution in [0.25, 0.3) is 6.08 Å². The highest BCUT2D eigenvalue weighted by atomic mass is 32.2. The van der Waals surface area contributed by atoms with E-state index in [1.54, 1.807) is 24.3 Å². The van der Waals surface area contributed by atoms with Crippen molar-refractivity contribution in [3.8, 4) is 0 Å². The predicted molar refractivity (Wildman–Crippen MR) is 84.7 cm³/mol. The molecule has 2 rings (SSSR count). The van der Waals surface area contributed by atoms with Crippen LogP contribution in [0.5, 0.6) is 0 Å². The predicted octanol–water partition coefficient (Wildman–Crippen LogP) is 2.95. The summed E-state index contributed by atoms with van der Waals surface area (Å²) < 4.78 is 24.7. The van der Waals surface area contributed by atoms with Crippen LogP contribution in [-0.2, 0) is 10.0 Å². The van der Waals surface area contributed by atoms with Gasteiger partial charge in [-0.1, -0.05) is 48.5 Å². The van der Waals surface area contributed by atoms with Crippen molar-refractivity contribution in [2.45, 2.75) is 0 Å². The lowest BCUT2D eigenvalue weighted by atomic mass is 10.1. The highest BCUT2D eigenvalue weighted by Gasteiger charge is 2.06. The molecular weight excluding hydrogens is 286 g/mol. The van der Waals surface area contributed by atoms with E-state index in [-0.39, 0.29) is 5.78 Å². The van der Waals surface area contributed by atoms with Crippen molar-refractivity contribution in [2.24, 2.45) is 0 Å². The number of anilines is 1. The molecule has 21 heavy (non-hydrogen) atoms. The Balaban J connectivity index is 2.16. The molecule has 0 aliphatic rings. The van der Waals surface area contributed by atoms with Gasteiger partial charge in [0.2, 0.25) is 10.0 Å². The summed E-state index contributed by atoms with van der Waals surface area (Å²) >= 11 is 0. The monoisotopic (exact) mass is 301 g/mol. The van der Waals surface area contributed by atoms with Crippen LogP contribution in [-0.4, -0.2) is 20.5 Å². The number of nitrogens with one attached hydrogen (secondary N) is 1. The van der Waals surface area contributed by atoms with E-state index in [0.717, 1.165) is 11.8 Å². The summed E-state index contributed by atoms with van der Waals surface area (Å²) in [6, 6.07) is 15.9. The van der Waals surface area contributed by atoms with Gasteiger partial charge in [0.25, 0.3) is 0 Å². The second kappa shape index (κ2) is 6.37. The molecule has 0 saturated heterocycles. The highest BCUT2D eigenvalue weighted by molar-refractivity contribution is 7.92. The molecule has 4 nitrogen and oxygen atoms in total. The summed E-state index contributed by atoms with van der Waals surface area (Å²) in [6.07, 6.45) is 4.25. The second-order valence-electron chi connectivity index (χ2n) is 4.56. The number of carbonyl (C=O) groups is 1. The van der Waals surface area contributed by atoms with Crippen LogP contribution in [0.2, 0.25) is 0 Å². The number of ketones is 1. The first-order valence-electron chi connectivity index (χ1n) is 6.29. The molecule has 2 aromatic carbocycles. The molecule has 0 unspecified atom stereocenters. The number of hydrogen-bond donors (Lipinski definition) is 1. The Morgan fingerprint density at radius 3 is 2.43 bits per heavy atom. The Morgan fingerprint density at radius 1 is 1.05 bits per heavy atom. The number of allylic oxidation sites excluding steroid dienone is 1. The van der Waals surface area contributed by atoms with Crippen molar-refractivity contribution in [2.75, 3.05) is 11.0 Å². The smallest absolute Gasteiger partial charge is 0.229 e. The van der Waals surface area contributed by atoms with Crippen LogP contribution in [0.1, 0.15) is 15.9 Å². The third kappa shape index (κ3) is 4.89. The molecule has 0 aromatic heterocycles. The highest BCUT2D eigenvalue weighted by Crippen LogP contribution is 2.13. The third-order valence-corrected chi connectivity index (χ3v) is 3.28. The standard InChI is InChI=1S/C16H15NO3S/c1-21(19,20)17-15-9-5-8-14(12-15)16(18)11-10-13-6-3-2-4-7-13/h2-12,17H,1H3. The lowest BCUT2D eigenvalue weighted by Crippen LogP contribution is -2.10. The molecule has 0 amide bonds. The Hall–Kier alpha value is -2.40. The Labute approximate surface area is 124 Å². The summed E-state index contributed by atoms with van der Waals surface area (Å²) in [6.45, 7) is 0. The second-order valence-corrected chi connectivity index (χ2v) is 6.31. The molecule has 0 atom stereocenters. The zero-order chi connectivity index (χ0) is 15.3. The first-order chi connectivity index (χ1) is 9.94. The third-order valence-electron chi connectivity index (χ3n) is 2.68. The average molecular weight is 301 g/mol. The minimum atomic E-state index is -3.35. The topological polar surface area (TPSA) is 63.2 Å².